The second kappa shape index (κ2) is 5.94. The van der Waals surface area contributed by atoms with Crippen LogP contribution in [-0.2, 0) is 4.79 Å². The summed E-state index contributed by atoms with van der Waals surface area (Å²) in [7, 11) is 0. The van der Waals surface area contributed by atoms with Gasteiger partial charge in [-0.05, 0) is 38.5 Å². The van der Waals surface area contributed by atoms with Crippen molar-refractivity contribution in [1.29, 1.82) is 5.26 Å². The summed E-state index contributed by atoms with van der Waals surface area (Å²) in [6.07, 6.45) is 8.20. The minimum absolute atomic E-state index is 0.121. The number of carbonyl (C=O) groups excluding carboxylic acids is 1. The maximum Gasteiger partial charge on any atom is 0.243 e. The van der Waals surface area contributed by atoms with E-state index >= 15 is 0 Å². The molecule has 106 valence electrons. The lowest BCUT2D eigenvalue weighted by Crippen LogP contribution is -2.51. The molecule has 1 saturated heterocycles. The Labute approximate surface area is 117 Å². The molecular weight excluding hydrogens is 236 g/mol. The monoisotopic (exact) mass is 262 g/mol. The van der Waals surface area contributed by atoms with Gasteiger partial charge >= 0.3 is 0 Å². The first kappa shape index (κ1) is 14.4. The maximum absolute atomic E-state index is 12.9. The summed E-state index contributed by atoms with van der Waals surface area (Å²) in [5.41, 5.74) is -0.720. The molecule has 0 radical (unpaired) electrons. The van der Waals surface area contributed by atoms with E-state index in [2.05, 4.69) is 19.9 Å². The van der Waals surface area contributed by atoms with Gasteiger partial charge in [-0.3, -0.25) is 4.79 Å². The molecule has 1 aliphatic heterocycles. The van der Waals surface area contributed by atoms with Crippen molar-refractivity contribution in [2.75, 3.05) is 6.54 Å². The third kappa shape index (κ3) is 2.78. The molecule has 0 aromatic carbocycles. The average molecular weight is 262 g/mol. The van der Waals surface area contributed by atoms with E-state index in [1.54, 1.807) is 0 Å². The largest absolute Gasteiger partial charge is 0.338 e. The first-order valence-electron chi connectivity index (χ1n) is 7.83. The SMILES string of the molecule is CC1CCCN(C(=O)C2(C#N)CCCCCC2)C1C. The van der Waals surface area contributed by atoms with E-state index in [-0.39, 0.29) is 11.9 Å². The standard InChI is InChI=1S/C16H26N2O/c1-13-8-7-11-18(14(13)2)15(19)16(12-17)9-5-3-4-6-10-16/h13-14H,3-11H2,1-2H3. The van der Waals surface area contributed by atoms with E-state index in [0.717, 1.165) is 38.6 Å². The van der Waals surface area contributed by atoms with Crippen LogP contribution in [-0.4, -0.2) is 23.4 Å². The lowest BCUT2D eigenvalue weighted by atomic mass is 9.79. The van der Waals surface area contributed by atoms with Crippen molar-refractivity contribution in [2.24, 2.45) is 11.3 Å². The van der Waals surface area contributed by atoms with Crippen LogP contribution >= 0.6 is 0 Å². The van der Waals surface area contributed by atoms with Crippen molar-refractivity contribution in [2.45, 2.75) is 71.3 Å². The van der Waals surface area contributed by atoms with Crippen molar-refractivity contribution < 1.29 is 4.79 Å². The van der Waals surface area contributed by atoms with Crippen molar-refractivity contribution in [1.82, 2.24) is 4.90 Å². The van der Waals surface area contributed by atoms with Gasteiger partial charge in [-0.15, -0.1) is 0 Å². The van der Waals surface area contributed by atoms with Crippen LogP contribution in [0.5, 0.6) is 0 Å². The maximum atomic E-state index is 12.9. The second-order valence-corrected chi connectivity index (χ2v) is 6.47. The summed E-state index contributed by atoms with van der Waals surface area (Å²) in [6, 6.07) is 2.69. The molecule has 1 amide bonds. The smallest absolute Gasteiger partial charge is 0.243 e. The molecule has 0 aromatic rings. The number of likely N-dealkylation sites (tertiary alicyclic amines) is 1. The molecule has 3 heteroatoms. The number of rotatable bonds is 1. The fourth-order valence-electron chi connectivity index (χ4n) is 3.60. The van der Waals surface area contributed by atoms with Crippen LogP contribution < -0.4 is 0 Å². The number of nitrogens with zero attached hydrogens (tertiary/aromatic N) is 2. The van der Waals surface area contributed by atoms with Crippen LogP contribution in [0.25, 0.3) is 0 Å². The van der Waals surface area contributed by atoms with Crippen LogP contribution in [0.4, 0.5) is 0 Å². The summed E-state index contributed by atoms with van der Waals surface area (Å²) >= 11 is 0. The number of piperidine rings is 1. The Morgan fingerprint density at radius 1 is 1.16 bits per heavy atom. The highest BCUT2D eigenvalue weighted by Gasteiger charge is 2.44. The van der Waals surface area contributed by atoms with Gasteiger partial charge in [-0.25, -0.2) is 0 Å². The summed E-state index contributed by atoms with van der Waals surface area (Å²) in [4.78, 5) is 14.9. The molecular formula is C16H26N2O. The van der Waals surface area contributed by atoms with Gasteiger partial charge in [0.05, 0.1) is 6.07 Å². The third-order valence-corrected chi connectivity index (χ3v) is 5.21. The summed E-state index contributed by atoms with van der Waals surface area (Å²) in [5.74, 6) is 0.676. The topological polar surface area (TPSA) is 44.1 Å². The Balaban J connectivity index is 2.18. The van der Waals surface area contributed by atoms with Gasteiger partial charge < -0.3 is 4.90 Å². The van der Waals surface area contributed by atoms with Crippen LogP contribution in [0.1, 0.15) is 65.2 Å². The number of nitriles is 1. The van der Waals surface area contributed by atoms with Crippen LogP contribution in [0.15, 0.2) is 0 Å². The molecule has 3 nitrogen and oxygen atoms in total. The fraction of sp³-hybridized carbons (Fsp3) is 0.875. The van der Waals surface area contributed by atoms with Gasteiger partial charge in [0.15, 0.2) is 0 Å². The Morgan fingerprint density at radius 2 is 1.79 bits per heavy atom. The van der Waals surface area contributed by atoms with E-state index in [4.69, 9.17) is 0 Å². The molecule has 2 aliphatic rings. The van der Waals surface area contributed by atoms with Crippen molar-refractivity contribution in [3.63, 3.8) is 0 Å². The Bertz CT molecular complexity index is 363. The van der Waals surface area contributed by atoms with Crippen molar-refractivity contribution in [3.8, 4) is 6.07 Å². The molecule has 0 spiro atoms. The van der Waals surface area contributed by atoms with Gasteiger partial charge in [0, 0.05) is 12.6 Å². The molecule has 19 heavy (non-hydrogen) atoms. The van der Waals surface area contributed by atoms with Gasteiger partial charge in [-0.2, -0.15) is 5.26 Å². The molecule has 0 N–H and O–H groups in total. The first-order valence-corrected chi connectivity index (χ1v) is 7.83. The summed E-state index contributed by atoms with van der Waals surface area (Å²) in [5, 5.41) is 9.62. The first-order chi connectivity index (χ1) is 9.10. The molecule has 0 aromatic heterocycles. The zero-order valence-electron chi connectivity index (χ0n) is 12.3. The van der Waals surface area contributed by atoms with E-state index < -0.39 is 5.41 Å². The van der Waals surface area contributed by atoms with Gasteiger partial charge in [0.1, 0.15) is 5.41 Å². The van der Waals surface area contributed by atoms with Gasteiger partial charge in [0.25, 0.3) is 0 Å². The highest BCUT2D eigenvalue weighted by molar-refractivity contribution is 5.86. The quantitative estimate of drug-likeness (QED) is 0.679. The minimum Gasteiger partial charge on any atom is -0.338 e. The van der Waals surface area contributed by atoms with E-state index in [1.807, 2.05) is 4.90 Å². The normalized spacial score (nSPS) is 31.3. The van der Waals surface area contributed by atoms with Crippen LogP contribution in [0, 0.1) is 22.7 Å². The molecule has 1 saturated carbocycles. The molecule has 2 rings (SSSR count). The summed E-state index contributed by atoms with van der Waals surface area (Å²) < 4.78 is 0. The van der Waals surface area contributed by atoms with Gasteiger partial charge in [0.2, 0.25) is 5.91 Å². The van der Waals surface area contributed by atoms with E-state index in [0.29, 0.717) is 5.92 Å². The van der Waals surface area contributed by atoms with Crippen molar-refractivity contribution >= 4 is 5.91 Å². The predicted molar refractivity (Wildman–Crippen MR) is 75.3 cm³/mol. The number of hydrogen-bond donors (Lipinski definition) is 0. The van der Waals surface area contributed by atoms with Gasteiger partial charge in [-0.1, -0.05) is 32.6 Å². The molecule has 1 heterocycles. The molecule has 0 bridgehead atoms. The Kier molecular flexibility index (Phi) is 4.50. The molecule has 2 atom stereocenters. The van der Waals surface area contributed by atoms with Crippen molar-refractivity contribution in [3.05, 3.63) is 0 Å². The molecule has 2 fully saturated rings. The molecule has 2 unspecified atom stereocenters. The number of amides is 1. The zero-order valence-corrected chi connectivity index (χ0v) is 12.3. The van der Waals surface area contributed by atoms with Crippen LogP contribution in [0.3, 0.4) is 0 Å². The summed E-state index contributed by atoms with van der Waals surface area (Å²) in [6.45, 7) is 5.20. The highest BCUT2D eigenvalue weighted by atomic mass is 16.2. The van der Waals surface area contributed by atoms with E-state index in [9.17, 15) is 10.1 Å². The van der Waals surface area contributed by atoms with Crippen LogP contribution in [0.2, 0.25) is 0 Å². The molecule has 1 aliphatic carbocycles. The Hall–Kier alpha value is -1.04. The number of carbonyl (C=O) groups is 1. The Morgan fingerprint density at radius 3 is 2.37 bits per heavy atom. The fourth-order valence-corrected chi connectivity index (χ4v) is 3.60. The second-order valence-electron chi connectivity index (χ2n) is 6.47. The average Bonchev–Trinajstić information content (AvgIpc) is 2.67. The third-order valence-electron chi connectivity index (χ3n) is 5.21. The van der Waals surface area contributed by atoms with E-state index in [1.165, 1.54) is 19.3 Å². The highest BCUT2D eigenvalue weighted by Crippen LogP contribution is 2.38. The minimum atomic E-state index is -0.720. The lowest BCUT2D eigenvalue weighted by Gasteiger charge is -2.41. The predicted octanol–water partition coefficient (Wildman–Crippen LogP) is 3.50. The lowest BCUT2D eigenvalue weighted by molar-refractivity contribution is -0.144. The number of hydrogen-bond acceptors (Lipinski definition) is 2. The zero-order chi connectivity index (χ0) is 13.9.